The number of carbonyl (C=O) groups excluding carboxylic acids is 3. The van der Waals surface area contributed by atoms with E-state index in [1.54, 1.807) is 0 Å². The predicted molar refractivity (Wildman–Crippen MR) is 158 cm³/mol. The molecule has 0 bridgehead atoms. The van der Waals surface area contributed by atoms with Crippen LogP contribution in [0.1, 0.15) is 102 Å². The summed E-state index contributed by atoms with van der Waals surface area (Å²) in [5.41, 5.74) is 13.5. The molecule has 0 fully saturated rings. The second kappa shape index (κ2) is 13.1. The maximum Gasteiger partial charge on any atom is 0.150 e. The Kier molecular flexibility index (Phi) is 9.38. The molecule has 0 amide bonds. The van der Waals surface area contributed by atoms with E-state index in [4.69, 9.17) is 0 Å². The minimum Gasteiger partial charge on any atom is -0.298 e. The van der Waals surface area contributed by atoms with Gasteiger partial charge in [0, 0.05) is 16.7 Å². The number of hydrogen-bond acceptors (Lipinski definition) is 3. The highest BCUT2D eigenvalue weighted by Gasteiger charge is 2.22. The van der Waals surface area contributed by atoms with E-state index in [1.165, 1.54) is 33.4 Å². The fraction of sp³-hybridized carbons (Fsp3) is 0.250. The van der Waals surface area contributed by atoms with E-state index in [0.717, 1.165) is 74.1 Å². The Labute approximate surface area is 231 Å². The molecule has 0 saturated heterocycles. The lowest BCUT2D eigenvalue weighted by Crippen LogP contribution is -2.14. The molecule has 0 aliphatic carbocycles. The van der Waals surface area contributed by atoms with Gasteiger partial charge in [-0.2, -0.15) is 0 Å². The second-order valence-corrected chi connectivity index (χ2v) is 10.1. The Balaban J connectivity index is 1.97. The third-order valence-electron chi connectivity index (χ3n) is 7.65. The quantitative estimate of drug-likeness (QED) is 0.182. The monoisotopic (exact) mass is 516 g/mol. The molecule has 3 heteroatoms. The van der Waals surface area contributed by atoms with Crippen LogP contribution in [0, 0.1) is 0 Å². The van der Waals surface area contributed by atoms with Crippen molar-refractivity contribution >= 4 is 18.9 Å². The molecule has 0 N–H and O–H groups in total. The first kappa shape index (κ1) is 27.9. The molecule has 0 aromatic heterocycles. The number of rotatable bonds is 12. The fourth-order valence-electron chi connectivity index (χ4n) is 5.95. The van der Waals surface area contributed by atoms with Crippen LogP contribution in [0.15, 0.2) is 72.8 Å². The lowest BCUT2D eigenvalue weighted by atomic mass is 9.78. The molecular weight excluding hydrogens is 480 g/mol. The third-order valence-corrected chi connectivity index (χ3v) is 7.65. The molecule has 39 heavy (non-hydrogen) atoms. The van der Waals surface area contributed by atoms with Gasteiger partial charge in [-0.05, 0) is 107 Å². The summed E-state index contributed by atoms with van der Waals surface area (Å²) in [4.78, 5) is 34.5. The van der Waals surface area contributed by atoms with Gasteiger partial charge in [0.15, 0.2) is 0 Å². The first-order chi connectivity index (χ1) is 19.0. The SMILES string of the molecule is CCc1c(Cc2cccc(C=O)c2)c(CC)c(Cc2cccc(C=O)c2)c(CC)c1Cc1cccc(C=O)c1. The zero-order valence-corrected chi connectivity index (χ0v) is 23.1. The highest BCUT2D eigenvalue weighted by molar-refractivity contribution is 5.76. The Morgan fingerprint density at radius 1 is 0.436 bits per heavy atom. The van der Waals surface area contributed by atoms with Crippen LogP contribution in [-0.2, 0) is 38.5 Å². The van der Waals surface area contributed by atoms with Gasteiger partial charge in [0.25, 0.3) is 0 Å². The molecule has 0 saturated carbocycles. The van der Waals surface area contributed by atoms with Gasteiger partial charge in [-0.25, -0.2) is 0 Å². The highest BCUT2D eigenvalue weighted by atomic mass is 16.1. The maximum atomic E-state index is 11.5. The standard InChI is InChI=1S/C36H36O3/c1-4-31-34(19-25-10-7-13-28(16-25)22-37)32(5-2)36(21-27-12-9-15-30(18-27)24-39)33(6-3)35(31)20-26-11-8-14-29(17-26)23-38/h7-18,22-24H,4-6,19-21H2,1-3H3. The number of hydrogen-bond donors (Lipinski definition) is 0. The van der Waals surface area contributed by atoms with E-state index in [1.807, 2.05) is 54.6 Å². The van der Waals surface area contributed by atoms with E-state index in [9.17, 15) is 14.4 Å². The molecule has 0 atom stereocenters. The minimum absolute atomic E-state index is 0.686. The molecule has 3 nitrogen and oxygen atoms in total. The van der Waals surface area contributed by atoms with Gasteiger partial charge < -0.3 is 0 Å². The van der Waals surface area contributed by atoms with Crippen LogP contribution in [0.4, 0.5) is 0 Å². The minimum atomic E-state index is 0.686. The van der Waals surface area contributed by atoms with Crippen LogP contribution in [0.2, 0.25) is 0 Å². The Morgan fingerprint density at radius 3 is 0.949 bits per heavy atom. The predicted octanol–water partition coefficient (Wildman–Crippen LogP) is 7.58. The van der Waals surface area contributed by atoms with Gasteiger partial charge in [-0.3, -0.25) is 14.4 Å². The van der Waals surface area contributed by atoms with E-state index >= 15 is 0 Å². The molecule has 0 spiro atoms. The average Bonchev–Trinajstić information content (AvgIpc) is 2.98. The zero-order chi connectivity index (χ0) is 27.8. The largest absolute Gasteiger partial charge is 0.298 e. The van der Waals surface area contributed by atoms with Gasteiger partial charge >= 0.3 is 0 Å². The molecule has 0 heterocycles. The van der Waals surface area contributed by atoms with Crippen molar-refractivity contribution < 1.29 is 14.4 Å². The van der Waals surface area contributed by atoms with Gasteiger partial charge in [0.05, 0.1) is 0 Å². The fourth-order valence-corrected chi connectivity index (χ4v) is 5.95. The van der Waals surface area contributed by atoms with Crippen molar-refractivity contribution in [2.45, 2.75) is 59.3 Å². The van der Waals surface area contributed by atoms with E-state index in [0.29, 0.717) is 16.7 Å². The number of aldehydes is 3. The van der Waals surface area contributed by atoms with E-state index in [2.05, 4.69) is 39.0 Å². The molecule has 0 radical (unpaired) electrons. The molecule has 0 aliphatic rings. The summed E-state index contributed by atoms with van der Waals surface area (Å²) in [6, 6.07) is 23.6. The van der Waals surface area contributed by atoms with Crippen molar-refractivity contribution in [1.82, 2.24) is 0 Å². The Morgan fingerprint density at radius 2 is 0.718 bits per heavy atom. The molecule has 4 aromatic carbocycles. The lowest BCUT2D eigenvalue weighted by molar-refractivity contribution is 0.111. The van der Waals surface area contributed by atoms with Crippen molar-refractivity contribution in [2.75, 3.05) is 0 Å². The third kappa shape index (κ3) is 6.31. The maximum absolute atomic E-state index is 11.5. The molecule has 4 rings (SSSR count). The summed E-state index contributed by atoms with van der Waals surface area (Å²) in [7, 11) is 0. The van der Waals surface area contributed by atoms with Crippen LogP contribution in [-0.4, -0.2) is 18.9 Å². The van der Waals surface area contributed by atoms with Gasteiger partial charge in [0.2, 0.25) is 0 Å². The molecule has 0 aliphatic heterocycles. The second-order valence-electron chi connectivity index (χ2n) is 10.1. The summed E-state index contributed by atoms with van der Waals surface area (Å²) in [5, 5.41) is 0. The van der Waals surface area contributed by atoms with Gasteiger partial charge in [-0.1, -0.05) is 75.4 Å². The first-order valence-corrected chi connectivity index (χ1v) is 13.8. The van der Waals surface area contributed by atoms with Crippen LogP contribution in [0.5, 0.6) is 0 Å². The van der Waals surface area contributed by atoms with Crippen LogP contribution < -0.4 is 0 Å². The van der Waals surface area contributed by atoms with Crippen molar-refractivity contribution in [1.29, 1.82) is 0 Å². The Hall–Kier alpha value is -4.11. The average molecular weight is 517 g/mol. The van der Waals surface area contributed by atoms with Crippen LogP contribution in [0.25, 0.3) is 0 Å². The normalized spacial score (nSPS) is 10.8. The molecule has 4 aromatic rings. The summed E-state index contributed by atoms with van der Waals surface area (Å²) < 4.78 is 0. The molecule has 198 valence electrons. The number of carbonyl (C=O) groups is 3. The molecule has 0 unspecified atom stereocenters. The summed E-state index contributed by atoms with van der Waals surface area (Å²) in [6.45, 7) is 6.66. The van der Waals surface area contributed by atoms with Crippen LogP contribution >= 0.6 is 0 Å². The summed E-state index contributed by atoms with van der Waals surface area (Å²) in [6.07, 6.45) is 7.65. The zero-order valence-electron chi connectivity index (χ0n) is 23.1. The van der Waals surface area contributed by atoms with E-state index in [-0.39, 0.29) is 0 Å². The number of benzene rings is 4. The van der Waals surface area contributed by atoms with Crippen molar-refractivity contribution in [3.05, 3.63) is 140 Å². The van der Waals surface area contributed by atoms with Gasteiger partial charge in [0.1, 0.15) is 18.9 Å². The van der Waals surface area contributed by atoms with Gasteiger partial charge in [-0.15, -0.1) is 0 Å². The highest BCUT2D eigenvalue weighted by Crippen LogP contribution is 2.35. The van der Waals surface area contributed by atoms with Crippen LogP contribution in [0.3, 0.4) is 0 Å². The van der Waals surface area contributed by atoms with E-state index < -0.39 is 0 Å². The lowest BCUT2D eigenvalue weighted by Gasteiger charge is -2.27. The molecular formula is C36H36O3. The Bertz CT molecular complexity index is 1290. The topological polar surface area (TPSA) is 51.2 Å². The summed E-state index contributed by atoms with van der Waals surface area (Å²) in [5.74, 6) is 0. The van der Waals surface area contributed by atoms with Crippen molar-refractivity contribution in [2.24, 2.45) is 0 Å². The smallest absolute Gasteiger partial charge is 0.150 e. The van der Waals surface area contributed by atoms with Crippen molar-refractivity contribution in [3.8, 4) is 0 Å². The summed E-state index contributed by atoms with van der Waals surface area (Å²) >= 11 is 0. The van der Waals surface area contributed by atoms with Crippen molar-refractivity contribution in [3.63, 3.8) is 0 Å². The first-order valence-electron chi connectivity index (χ1n) is 13.8.